The standard InChI is InChI=1S/C13H21N5O2/c1-9(10-6-4-3-5-7-10)16-12-11(18(19)20)8-15-13(14-2)17-12/h8-10H,3-7H2,1-2H3,(H2,14,15,16,17). The summed E-state index contributed by atoms with van der Waals surface area (Å²) in [6.45, 7) is 2.07. The van der Waals surface area contributed by atoms with Gasteiger partial charge in [0.15, 0.2) is 0 Å². The minimum Gasteiger partial charge on any atom is -0.361 e. The first-order valence-electron chi connectivity index (χ1n) is 7.07. The maximum absolute atomic E-state index is 11.0. The van der Waals surface area contributed by atoms with Gasteiger partial charge in [-0.15, -0.1) is 0 Å². The highest BCUT2D eigenvalue weighted by Gasteiger charge is 2.24. The Labute approximate surface area is 118 Å². The Hall–Kier alpha value is -1.92. The van der Waals surface area contributed by atoms with Gasteiger partial charge in [0.05, 0.1) is 4.92 Å². The number of hydrogen-bond donors (Lipinski definition) is 2. The topological polar surface area (TPSA) is 93.0 Å². The van der Waals surface area contributed by atoms with Crippen molar-refractivity contribution in [2.75, 3.05) is 17.7 Å². The Morgan fingerprint density at radius 1 is 1.40 bits per heavy atom. The molecule has 1 aromatic rings. The van der Waals surface area contributed by atoms with Crippen LogP contribution >= 0.6 is 0 Å². The molecule has 0 amide bonds. The molecule has 0 saturated heterocycles. The lowest BCUT2D eigenvalue weighted by Crippen LogP contribution is -2.28. The van der Waals surface area contributed by atoms with E-state index in [0.717, 1.165) is 0 Å². The molecule has 0 aliphatic heterocycles. The summed E-state index contributed by atoms with van der Waals surface area (Å²) in [4.78, 5) is 18.7. The Bertz CT molecular complexity index is 474. The molecule has 1 aliphatic rings. The van der Waals surface area contributed by atoms with E-state index < -0.39 is 4.92 Å². The van der Waals surface area contributed by atoms with Crippen molar-refractivity contribution in [1.82, 2.24) is 9.97 Å². The van der Waals surface area contributed by atoms with Crippen LogP contribution in [0.1, 0.15) is 39.0 Å². The maximum Gasteiger partial charge on any atom is 0.329 e. The van der Waals surface area contributed by atoms with E-state index in [9.17, 15) is 10.1 Å². The van der Waals surface area contributed by atoms with Crippen LogP contribution in [0.4, 0.5) is 17.5 Å². The SMILES string of the molecule is CNc1ncc([N+](=O)[O-])c(NC(C)C2CCCCC2)n1. The van der Waals surface area contributed by atoms with Gasteiger partial charge < -0.3 is 10.6 Å². The lowest BCUT2D eigenvalue weighted by Gasteiger charge is -2.28. The third-order valence-electron chi connectivity index (χ3n) is 3.91. The van der Waals surface area contributed by atoms with Gasteiger partial charge in [-0.1, -0.05) is 19.3 Å². The van der Waals surface area contributed by atoms with E-state index >= 15 is 0 Å². The molecule has 7 heteroatoms. The average molecular weight is 279 g/mol. The van der Waals surface area contributed by atoms with Crippen LogP contribution in [0.5, 0.6) is 0 Å². The quantitative estimate of drug-likeness (QED) is 0.636. The summed E-state index contributed by atoms with van der Waals surface area (Å²) in [5, 5.41) is 17.0. The van der Waals surface area contributed by atoms with E-state index in [1.165, 1.54) is 38.3 Å². The van der Waals surface area contributed by atoms with E-state index in [4.69, 9.17) is 0 Å². The van der Waals surface area contributed by atoms with Gasteiger partial charge in [-0.2, -0.15) is 4.98 Å². The van der Waals surface area contributed by atoms with E-state index in [0.29, 0.717) is 17.7 Å². The number of nitrogens with one attached hydrogen (secondary N) is 2. The molecule has 2 rings (SSSR count). The molecule has 1 atom stereocenters. The normalized spacial score (nSPS) is 17.5. The number of anilines is 2. The van der Waals surface area contributed by atoms with Crippen molar-refractivity contribution in [1.29, 1.82) is 0 Å². The molecule has 0 bridgehead atoms. The fourth-order valence-corrected chi connectivity index (χ4v) is 2.70. The summed E-state index contributed by atoms with van der Waals surface area (Å²) in [5.41, 5.74) is -0.0772. The zero-order valence-corrected chi connectivity index (χ0v) is 11.9. The summed E-state index contributed by atoms with van der Waals surface area (Å²) in [5.74, 6) is 1.23. The Morgan fingerprint density at radius 2 is 2.10 bits per heavy atom. The zero-order chi connectivity index (χ0) is 14.5. The molecule has 1 aromatic heterocycles. The molecule has 0 aromatic carbocycles. The van der Waals surface area contributed by atoms with Gasteiger partial charge >= 0.3 is 5.69 Å². The molecule has 1 unspecified atom stereocenters. The van der Waals surface area contributed by atoms with Crippen LogP contribution in [-0.4, -0.2) is 28.0 Å². The lowest BCUT2D eigenvalue weighted by molar-refractivity contribution is -0.384. The van der Waals surface area contributed by atoms with E-state index in [2.05, 4.69) is 27.5 Å². The van der Waals surface area contributed by atoms with Crippen LogP contribution in [0, 0.1) is 16.0 Å². The van der Waals surface area contributed by atoms with Crippen LogP contribution in [0.25, 0.3) is 0 Å². The molecule has 2 N–H and O–H groups in total. The van der Waals surface area contributed by atoms with Crippen molar-refractivity contribution in [3.63, 3.8) is 0 Å². The predicted molar refractivity (Wildman–Crippen MR) is 77.9 cm³/mol. The van der Waals surface area contributed by atoms with Crippen molar-refractivity contribution >= 4 is 17.5 Å². The minimum atomic E-state index is -0.449. The molecule has 20 heavy (non-hydrogen) atoms. The Balaban J connectivity index is 2.15. The van der Waals surface area contributed by atoms with E-state index in [1.807, 2.05) is 0 Å². The summed E-state index contributed by atoms with van der Waals surface area (Å²) in [6.07, 6.45) is 7.36. The Morgan fingerprint density at radius 3 is 2.70 bits per heavy atom. The van der Waals surface area contributed by atoms with Crippen molar-refractivity contribution in [3.8, 4) is 0 Å². The summed E-state index contributed by atoms with van der Waals surface area (Å²) < 4.78 is 0. The number of aromatic nitrogens is 2. The van der Waals surface area contributed by atoms with Crippen molar-refractivity contribution in [3.05, 3.63) is 16.3 Å². The molecule has 0 spiro atoms. The molecule has 1 heterocycles. The number of hydrogen-bond acceptors (Lipinski definition) is 6. The van der Waals surface area contributed by atoms with Crippen LogP contribution in [-0.2, 0) is 0 Å². The van der Waals surface area contributed by atoms with Crippen LogP contribution in [0.2, 0.25) is 0 Å². The minimum absolute atomic E-state index is 0.0772. The number of nitro groups is 1. The predicted octanol–water partition coefficient (Wildman–Crippen LogP) is 2.81. The molecule has 1 fully saturated rings. The number of rotatable bonds is 5. The highest BCUT2D eigenvalue weighted by Crippen LogP contribution is 2.30. The molecule has 1 aliphatic carbocycles. The molecular weight excluding hydrogens is 258 g/mol. The third kappa shape index (κ3) is 3.34. The molecule has 7 nitrogen and oxygen atoms in total. The summed E-state index contributed by atoms with van der Waals surface area (Å²) in [7, 11) is 1.69. The second-order valence-corrected chi connectivity index (χ2v) is 5.27. The van der Waals surface area contributed by atoms with Gasteiger partial charge in [0, 0.05) is 13.1 Å². The second-order valence-electron chi connectivity index (χ2n) is 5.27. The van der Waals surface area contributed by atoms with Gasteiger partial charge in [-0.3, -0.25) is 10.1 Å². The number of nitrogens with zero attached hydrogens (tertiary/aromatic N) is 3. The van der Waals surface area contributed by atoms with Crippen molar-refractivity contribution in [2.45, 2.75) is 45.1 Å². The molecule has 110 valence electrons. The largest absolute Gasteiger partial charge is 0.361 e. The van der Waals surface area contributed by atoms with Gasteiger partial charge in [-0.05, 0) is 25.7 Å². The molecule has 0 radical (unpaired) electrons. The Kier molecular flexibility index (Phi) is 4.70. The first-order valence-corrected chi connectivity index (χ1v) is 7.07. The monoisotopic (exact) mass is 279 g/mol. The lowest BCUT2D eigenvalue weighted by atomic mass is 9.84. The highest BCUT2D eigenvalue weighted by molar-refractivity contribution is 5.57. The smallest absolute Gasteiger partial charge is 0.329 e. The van der Waals surface area contributed by atoms with Crippen LogP contribution in [0.3, 0.4) is 0 Å². The van der Waals surface area contributed by atoms with Gasteiger partial charge in [-0.25, -0.2) is 4.98 Å². The first-order chi connectivity index (χ1) is 9.61. The first kappa shape index (κ1) is 14.5. The average Bonchev–Trinajstić information content (AvgIpc) is 2.47. The fraction of sp³-hybridized carbons (Fsp3) is 0.692. The molecular formula is C13H21N5O2. The third-order valence-corrected chi connectivity index (χ3v) is 3.91. The van der Waals surface area contributed by atoms with Gasteiger partial charge in [0.1, 0.15) is 6.20 Å². The highest BCUT2D eigenvalue weighted by atomic mass is 16.6. The summed E-state index contributed by atoms with van der Waals surface area (Å²) >= 11 is 0. The van der Waals surface area contributed by atoms with E-state index in [-0.39, 0.29) is 11.7 Å². The van der Waals surface area contributed by atoms with E-state index in [1.54, 1.807) is 7.05 Å². The van der Waals surface area contributed by atoms with Crippen LogP contribution < -0.4 is 10.6 Å². The van der Waals surface area contributed by atoms with Crippen LogP contribution in [0.15, 0.2) is 6.20 Å². The zero-order valence-electron chi connectivity index (χ0n) is 11.9. The molecule has 1 saturated carbocycles. The second kappa shape index (κ2) is 6.49. The van der Waals surface area contributed by atoms with Crippen molar-refractivity contribution < 1.29 is 4.92 Å². The summed E-state index contributed by atoms with van der Waals surface area (Å²) in [6, 6.07) is 0.175. The fourth-order valence-electron chi connectivity index (χ4n) is 2.70. The van der Waals surface area contributed by atoms with Crippen molar-refractivity contribution in [2.24, 2.45) is 5.92 Å². The maximum atomic E-state index is 11.0. The van der Waals surface area contributed by atoms with Gasteiger partial charge in [0.2, 0.25) is 11.8 Å². The van der Waals surface area contributed by atoms with Gasteiger partial charge in [0.25, 0.3) is 0 Å².